The van der Waals surface area contributed by atoms with Crippen molar-refractivity contribution in [3.05, 3.63) is 0 Å². The molecule has 0 radical (unpaired) electrons. The second kappa shape index (κ2) is 5.68. The molecule has 0 aromatic rings. The first kappa shape index (κ1) is 13.3. The Balaban J connectivity index is 1.96. The molecular weight excluding hydrogens is 212 g/mol. The van der Waals surface area contributed by atoms with Gasteiger partial charge in [0, 0.05) is 25.7 Å². The summed E-state index contributed by atoms with van der Waals surface area (Å²) < 4.78 is 5.88. The molecule has 100 valence electrons. The minimum atomic E-state index is 0.402. The smallest absolute Gasteiger partial charge is 0.0730 e. The maximum absolute atomic E-state index is 5.88. The van der Waals surface area contributed by atoms with Crippen LogP contribution in [0.3, 0.4) is 0 Å². The van der Waals surface area contributed by atoms with Gasteiger partial charge in [0.1, 0.15) is 0 Å². The van der Waals surface area contributed by atoms with Crippen molar-refractivity contribution < 1.29 is 4.74 Å². The summed E-state index contributed by atoms with van der Waals surface area (Å²) in [5, 5.41) is 3.35. The Hall–Kier alpha value is -0.120. The van der Waals surface area contributed by atoms with E-state index in [1.807, 2.05) is 0 Å². The van der Waals surface area contributed by atoms with Crippen LogP contribution in [0.2, 0.25) is 0 Å². The summed E-state index contributed by atoms with van der Waals surface area (Å²) >= 11 is 0. The lowest BCUT2D eigenvalue weighted by atomic mass is 9.86. The fourth-order valence-corrected chi connectivity index (χ4v) is 3.41. The molecule has 3 unspecified atom stereocenters. The average Bonchev–Trinajstić information content (AvgIpc) is 2.78. The van der Waals surface area contributed by atoms with Gasteiger partial charge in [0.25, 0.3) is 0 Å². The van der Waals surface area contributed by atoms with Gasteiger partial charge in [0.2, 0.25) is 0 Å². The van der Waals surface area contributed by atoms with Gasteiger partial charge in [-0.05, 0) is 38.1 Å². The van der Waals surface area contributed by atoms with E-state index < -0.39 is 0 Å². The lowest BCUT2D eigenvalue weighted by molar-refractivity contribution is -0.0674. The maximum atomic E-state index is 5.88. The van der Waals surface area contributed by atoms with Crippen molar-refractivity contribution in [1.29, 1.82) is 0 Å². The van der Waals surface area contributed by atoms with E-state index in [2.05, 4.69) is 31.1 Å². The molecule has 2 rings (SSSR count). The van der Waals surface area contributed by atoms with E-state index in [4.69, 9.17) is 4.74 Å². The number of morpholine rings is 1. The van der Waals surface area contributed by atoms with Crippen molar-refractivity contribution in [2.24, 2.45) is 5.41 Å². The second-order valence-electron chi connectivity index (χ2n) is 6.07. The van der Waals surface area contributed by atoms with Crippen molar-refractivity contribution in [3.63, 3.8) is 0 Å². The molecule has 1 saturated heterocycles. The summed E-state index contributed by atoms with van der Waals surface area (Å²) in [5.41, 5.74) is 0.402. The van der Waals surface area contributed by atoms with Crippen LogP contribution in [0.15, 0.2) is 0 Å². The van der Waals surface area contributed by atoms with Gasteiger partial charge in [-0.3, -0.25) is 4.90 Å². The third kappa shape index (κ3) is 3.01. The molecule has 0 amide bonds. The van der Waals surface area contributed by atoms with Crippen LogP contribution in [0.1, 0.15) is 39.5 Å². The van der Waals surface area contributed by atoms with Crippen LogP contribution in [0, 0.1) is 5.41 Å². The molecule has 0 aromatic heterocycles. The molecule has 0 aromatic carbocycles. The fourth-order valence-electron chi connectivity index (χ4n) is 3.41. The summed E-state index contributed by atoms with van der Waals surface area (Å²) in [6, 6.07) is 0.700. The molecule has 1 aliphatic heterocycles. The number of hydrogen-bond acceptors (Lipinski definition) is 3. The van der Waals surface area contributed by atoms with Gasteiger partial charge < -0.3 is 10.1 Å². The number of nitrogens with one attached hydrogen (secondary N) is 1. The molecule has 1 N–H and O–H groups in total. The van der Waals surface area contributed by atoms with Gasteiger partial charge in [-0.2, -0.15) is 0 Å². The van der Waals surface area contributed by atoms with Gasteiger partial charge in [0.05, 0.1) is 12.7 Å². The summed E-state index contributed by atoms with van der Waals surface area (Å²) in [5.74, 6) is 0. The summed E-state index contributed by atoms with van der Waals surface area (Å²) in [6.45, 7) is 9.10. The normalized spacial score (nSPS) is 33.4. The van der Waals surface area contributed by atoms with E-state index in [1.54, 1.807) is 0 Å². The second-order valence-corrected chi connectivity index (χ2v) is 6.07. The Morgan fingerprint density at radius 3 is 2.94 bits per heavy atom. The van der Waals surface area contributed by atoms with E-state index in [-0.39, 0.29) is 0 Å². The van der Waals surface area contributed by atoms with Crippen LogP contribution in [0.4, 0.5) is 0 Å². The van der Waals surface area contributed by atoms with Crippen molar-refractivity contribution >= 4 is 0 Å². The molecule has 1 saturated carbocycles. The molecule has 0 spiro atoms. The molecular formula is C14H28N2O. The Kier molecular flexibility index (Phi) is 4.45. The SMILES string of the molecule is CCC(C)(CNC)CN1CCOC2CCCC21. The van der Waals surface area contributed by atoms with Crippen LogP contribution < -0.4 is 5.32 Å². The van der Waals surface area contributed by atoms with Gasteiger partial charge >= 0.3 is 0 Å². The predicted octanol–water partition coefficient (Wildman–Crippen LogP) is 1.88. The Labute approximate surface area is 106 Å². The molecule has 3 heteroatoms. The summed E-state index contributed by atoms with van der Waals surface area (Å²) in [4.78, 5) is 2.70. The molecule has 0 bridgehead atoms. The fraction of sp³-hybridized carbons (Fsp3) is 1.00. The van der Waals surface area contributed by atoms with Crippen LogP contribution in [0.25, 0.3) is 0 Å². The highest BCUT2D eigenvalue weighted by molar-refractivity contribution is 4.92. The first-order valence-electron chi connectivity index (χ1n) is 7.19. The molecule has 1 heterocycles. The van der Waals surface area contributed by atoms with Crippen molar-refractivity contribution in [2.75, 3.05) is 33.3 Å². The number of hydrogen-bond donors (Lipinski definition) is 1. The Bertz CT molecular complexity index is 246. The monoisotopic (exact) mass is 240 g/mol. The number of rotatable bonds is 5. The van der Waals surface area contributed by atoms with Gasteiger partial charge in [-0.15, -0.1) is 0 Å². The first-order chi connectivity index (χ1) is 8.18. The van der Waals surface area contributed by atoms with Gasteiger partial charge in [0.15, 0.2) is 0 Å². The van der Waals surface area contributed by atoms with E-state index in [0.717, 1.165) is 19.7 Å². The topological polar surface area (TPSA) is 24.5 Å². The Morgan fingerprint density at radius 1 is 1.41 bits per heavy atom. The molecule has 3 atom stereocenters. The standard InChI is InChI=1S/C14H28N2O/c1-4-14(2,10-15-3)11-16-8-9-17-13-7-5-6-12(13)16/h12-13,15H,4-11H2,1-3H3. The minimum Gasteiger partial charge on any atom is -0.375 e. The highest BCUT2D eigenvalue weighted by Crippen LogP contribution is 2.32. The third-order valence-electron chi connectivity index (χ3n) is 4.64. The van der Waals surface area contributed by atoms with Crippen molar-refractivity contribution in [1.82, 2.24) is 10.2 Å². The van der Waals surface area contributed by atoms with Crippen LogP contribution in [-0.4, -0.2) is 50.3 Å². The molecule has 3 nitrogen and oxygen atoms in total. The summed E-state index contributed by atoms with van der Waals surface area (Å²) in [6.07, 6.45) is 5.73. The predicted molar refractivity (Wildman–Crippen MR) is 71.3 cm³/mol. The Morgan fingerprint density at radius 2 is 2.24 bits per heavy atom. The molecule has 17 heavy (non-hydrogen) atoms. The quantitative estimate of drug-likeness (QED) is 0.794. The zero-order chi connectivity index (χ0) is 12.3. The highest BCUT2D eigenvalue weighted by atomic mass is 16.5. The zero-order valence-corrected chi connectivity index (χ0v) is 11.7. The van der Waals surface area contributed by atoms with E-state index >= 15 is 0 Å². The van der Waals surface area contributed by atoms with Crippen molar-refractivity contribution in [3.8, 4) is 0 Å². The summed E-state index contributed by atoms with van der Waals surface area (Å²) in [7, 11) is 2.06. The maximum Gasteiger partial charge on any atom is 0.0730 e. The molecule has 1 aliphatic carbocycles. The van der Waals surface area contributed by atoms with Crippen LogP contribution in [0.5, 0.6) is 0 Å². The average molecular weight is 240 g/mol. The lowest BCUT2D eigenvalue weighted by Crippen LogP contribution is -2.53. The lowest BCUT2D eigenvalue weighted by Gasteiger charge is -2.42. The largest absolute Gasteiger partial charge is 0.375 e. The van der Waals surface area contributed by atoms with E-state index in [9.17, 15) is 0 Å². The number of fused-ring (bicyclic) bond motifs is 1. The number of nitrogens with zero attached hydrogens (tertiary/aromatic N) is 1. The molecule has 2 fully saturated rings. The highest BCUT2D eigenvalue weighted by Gasteiger charge is 2.38. The minimum absolute atomic E-state index is 0.402. The third-order valence-corrected chi connectivity index (χ3v) is 4.64. The van der Waals surface area contributed by atoms with Crippen LogP contribution in [-0.2, 0) is 4.74 Å². The van der Waals surface area contributed by atoms with Crippen molar-refractivity contribution in [2.45, 2.75) is 51.7 Å². The first-order valence-corrected chi connectivity index (χ1v) is 7.19. The van der Waals surface area contributed by atoms with E-state index in [0.29, 0.717) is 17.6 Å². The number of ether oxygens (including phenoxy) is 1. The van der Waals surface area contributed by atoms with E-state index in [1.165, 1.54) is 32.2 Å². The van der Waals surface area contributed by atoms with Crippen LogP contribution >= 0.6 is 0 Å². The molecule has 2 aliphatic rings. The van der Waals surface area contributed by atoms with Gasteiger partial charge in [-0.1, -0.05) is 13.8 Å². The zero-order valence-electron chi connectivity index (χ0n) is 11.7. The van der Waals surface area contributed by atoms with Gasteiger partial charge in [-0.25, -0.2) is 0 Å².